The highest BCUT2D eigenvalue weighted by Crippen LogP contribution is 2.36. The van der Waals surface area contributed by atoms with Crippen LogP contribution in [0.15, 0.2) is 66.9 Å². The summed E-state index contributed by atoms with van der Waals surface area (Å²) in [7, 11) is 0. The lowest BCUT2D eigenvalue weighted by atomic mass is 9.82. The van der Waals surface area contributed by atoms with E-state index in [1.54, 1.807) is 0 Å². The van der Waals surface area contributed by atoms with Gasteiger partial charge in [0.15, 0.2) is 0 Å². The molecule has 4 aromatic rings. The number of pyridine rings is 1. The molecule has 174 valence electrons. The number of piperidine rings is 1. The molecule has 2 N–H and O–H groups in total. The van der Waals surface area contributed by atoms with Crippen LogP contribution in [0, 0.1) is 13.8 Å². The maximum atomic E-state index is 13.4. The number of hydrogen-bond donors (Lipinski definition) is 2. The zero-order valence-corrected chi connectivity index (χ0v) is 19.7. The summed E-state index contributed by atoms with van der Waals surface area (Å²) < 4.78 is 0. The first-order valence-corrected chi connectivity index (χ1v) is 11.9. The van der Waals surface area contributed by atoms with E-state index in [9.17, 15) is 9.90 Å². The van der Waals surface area contributed by atoms with Gasteiger partial charge < -0.3 is 15.0 Å². The number of hydrogen-bond acceptors (Lipinski definition) is 4. The van der Waals surface area contributed by atoms with Gasteiger partial charge >= 0.3 is 0 Å². The number of imidazole rings is 1. The van der Waals surface area contributed by atoms with Crippen molar-refractivity contribution in [1.29, 1.82) is 0 Å². The number of likely N-dealkylation sites (tertiary alicyclic amines) is 1. The first kappa shape index (κ1) is 22.3. The van der Waals surface area contributed by atoms with Gasteiger partial charge in [0.05, 0.1) is 17.6 Å². The number of rotatable bonds is 5. The van der Waals surface area contributed by atoms with Gasteiger partial charge in [-0.1, -0.05) is 60.7 Å². The SMILES string of the molecule is Cc1nc2c(C)ncc(C3CCN(C(=O)CC(O)(c4ccccc4)c4ccccc4)CC3)c2[nH]1. The van der Waals surface area contributed by atoms with E-state index in [0.717, 1.165) is 46.5 Å². The topological polar surface area (TPSA) is 82.1 Å². The molecule has 1 aliphatic rings. The number of aryl methyl sites for hydroxylation is 2. The van der Waals surface area contributed by atoms with Gasteiger partial charge in [0.1, 0.15) is 16.9 Å². The molecule has 1 fully saturated rings. The molecule has 0 radical (unpaired) electrons. The predicted molar refractivity (Wildman–Crippen MR) is 132 cm³/mol. The molecular weight excluding hydrogens is 424 g/mol. The molecular formula is C28H30N4O2. The van der Waals surface area contributed by atoms with Crippen molar-refractivity contribution in [2.45, 2.75) is 44.6 Å². The Morgan fingerprint density at radius 3 is 2.21 bits per heavy atom. The van der Waals surface area contributed by atoms with Crippen LogP contribution in [-0.2, 0) is 10.4 Å². The molecule has 2 aromatic carbocycles. The lowest BCUT2D eigenvalue weighted by Crippen LogP contribution is -2.42. The minimum Gasteiger partial charge on any atom is -0.380 e. The van der Waals surface area contributed by atoms with Crippen molar-refractivity contribution < 1.29 is 9.90 Å². The molecule has 5 rings (SSSR count). The van der Waals surface area contributed by atoms with Gasteiger partial charge in [-0.2, -0.15) is 0 Å². The van der Waals surface area contributed by atoms with Crippen molar-refractivity contribution in [2.75, 3.05) is 13.1 Å². The van der Waals surface area contributed by atoms with Crippen molar-refractivity contribution in [3.8, 4) is 0 Å². The summed E-state index contributed by atoms with van der Waals surface area (Å²) in [6.45, 7) is 5.26. The van der Waals surface area contributed by atoms with E-state index in [2.05, 4.69) is 15.0 Å². The van der Waals surface area contributed by atoms with Crippen LogP contribution in [-0.4, -0.2) is 44.0 Å². The van der Waals surface area contributed by atoms with Crippen LogP contribution < -0.4 is 0 Å². The Kier molecular flexibility index (Phi) is 5.92. The number of aromatic nitrogens is 3. The Bertz CT molecular complexity index is 1250. The molecule has 1 aliphatic heterocycles. The van der Waals surface area contributed by atoms with E-state index in [1.165, 1.54) is 5.56 Å². The Labute approximate surface area is 199 Å². The molecule has 2 aromatic heterocycles. The highest BCUT2D eigenvalue weighted by atomic mass is 16.3. The number of aliphatic hydroxyl groups is 1. The molecule has 0 bridgehead atoms. The lowest BCUT2D eigenvalue weighted by molar-refractivity contribution is -0.136. The number of nitrogens with zero attached hydrogens (tertiary/aromatic N) is 3. The second kappa shape index (κ2) is 9.03. The zero-order chi connectivity index (χ0) is 23.7. The van der Waals surface area contributed by atoms with E-state index in [4.69, 9.17) is 0 Å². The maximum Gasteiger partial charge on any atom is 0.226 e. The third-order valence-corrected chi connectivity index (χ3v) is 7.05. The third-order valence-electron chi connectivity index (χ3n) is 7.05. The van der Waals surface area contributed by atoms with Gasteiger partial charge in [-0.3, -0.25) is 9.78 Å². The summed E-state index contributed by atoms with van der Waals surface area (Å²) in [4.78, 5) is 27.9. The number of amides is 1. The minimum absolute atomic E-state index is 0.0156. The quantitative estimate of drug-likeness (QED) is 0.462. The number of nitrogens with one attached hydrogen (secondary N) is 1. The van der Waals surface area contributed by atoms with Crippen LogP contribution in [0.4, 0.5) is 0 Å². The van der Waals surface area contributed by atoms with E-state index in [0.29, 0.717) is 19.0 Å². The highest BCUT2D eigenvalue weighted by Gasteiger charge is 2.36. The minimum atomic E-state index is -1.36. The van der Waals surface area contributed by atoms with Gasteiger partial charge in [-0.15, -0.1) is 0 Å². The van der Waals surface area contributed by atoms with E-state index in [1.807, 2.05) is 85.6 Å². The van der Waals surface area contributed by atoms with E-state index >= 15 is 0 Å². The molecule has 6 heteroatoms. The van der Waals surface area contributed by atoms with Crippen LogP contribution in [0.3, 0.4) is 0 Å². The first-order chi connectivity index (χ1) is 16.5. The van der Waals surface area contributed by atoms with Gasteiger partial charge in [-0.05, 0) is 49.3 Å². The number of H-pyrrole nitrogens is 1. The Morgan fingerprint density at radius 2 is 1.62 bits per heavy atom. The van der Waals surface area contributed by atoms with Crippen molar-refractivity contribution in [1.82, 2.24) is 19.9 Å². The van der Waals surface area contributed by atoms with Crippen LogP contribution in [0.5, 0.6) is 0 Å². The predicted octanol–water partition coefficient (Wildman–Crippen LogP) is 4.61. The molecule has 0 unspecified atom stereocenters. The summed E-state index contributed by atoms with van der Waals surface area (Å²) in [6.07, 6.45) is 3.69. The molecule has 34 heavy (non-hydrogen) atoms. The summed E-state index contributed by atoms with van der Waals surface area (Å²) >= 11 is 0. The number of aromatic amines is 1. The largest absolute Gasteiger partial charge is 0.380 e. The van der Waals surface area contributed by atoms with Gasteiger partial charge in [0, 0.05) is 19.3 Å². The molecule has 6 nitrogen and oxygen atoms in total. The monoisotopic (exact) mass is 454 g/mol. The smallest absolute Gasteiger partial charge is 0.226 e. The summed E-state index contributed by atoms with van der Waals surface area (Å²) in [5, 5.41) is 11.8. The third kappa shape index (κ3) is 4.10. The molecule has 1 amide bonds. The average molecular weight is 455 g/mol. The van der Waals surface area contributed by atoms with Crippen LogP contribution in [0.1, 0.15) is 53.4 Å². The molecule has 0 saturated carbocycles. The highest BCUT2D eigenvalue weighted by molar-refractivity contribution is 5.81. The fourth-order valence-corrected chi connectivity index (χ4v) is 5.13. The van der Waals surface area contributed by atoms with Gasteiger partial charge in [0.25, 0.3) is 0 Å². The molecule has 0 aliphatic carbocycles. The second-order valence-electron chi connectivity index (χ2n) is 9.27. The molecule has 0 spiro atoms. The number of carbonyl (C=O) groups is 1. The number of benzene rings is 2. The fraction of sp³-hybridized carbons (Fsp3) is 0.321. The Balaban J connectivity index is 1.33. The lowest BCUT2D eigenvalue weighted by Gasteiger charge is -2.35. The average Bonchev–Trinajstić information content (AvgIpc) is 3.27. The molecule has 0 atom stereocenters. The standard InChI is InChI=1S/C28H30N4O2/c1-19-26-27(31-20(2)30-26)24(18-29-19)21-13-15-32(16-14-21)25(33)17-28(34,22-9-5-3-6-10-22)23-11-7-4-8-12-23/h3-12,18,21,34H,13-17H2,1-2H3,(H,30,31). The van der Waals surface area contributed by atoms with Gasteiger partial charge in [0.2, 0.25) is 5.91 Å². The summed E-state index contributed by atoms with van der Waals surface area (Å²) in [5.74, 6) is 1.18. The van der Waals surface area contributed by atoms with E-state index < -0.39 is 5.60 Å². The molecule has 3 heterocycles. The summed E-state index contributed by atoms with van der Waals surface area (Å²) in [5.41, 5.74) is 4.20. The van der Waals surface area contributed by atoms with Crippen LogP contribution in [0.25, 0.3) is 11.0 Å². The summed E-state index contributed by atoms with van der Waals surface area (Å²) in [6, 6.07) is 18.9. The second-order valence-corrected chi connectivity index (χ2v) is 9.27. The normalized spacial score (nSPS) is 15.1. The van der Waals surface area contributed by atoms with Crippen LogP contribution >= 0.6 is 0 Å². The van der Waals surface area contributed by atoms with Crippen molar-refractivity contribution in [2.24, 2.45) is 0 Å². The Morgan fingerprint density at radius 1 is 1.03 bits per heavy atom. The fourth-order valence-electron chi connectivity index (χ4n) is 5.13. The van der Waals surface area contributed by atoms with E-state index in [-0.39, 0.29) is 12.3 Å². The van der Waals surface area contributed by atoms with Gasteiger partial charge in [-0.25, -0.2) is 4.98 Å². The van der Waals surface area contributed by atoms with Crippen molar-refractivity contribution >= 4 is 16.9 Å². The Hall–Kier alpha value is -3.51. The molecule has 1 saturated heterocycles. The number of fused-ring (bicyclic) bond motifs is 1. The van der Waals surface area contributed by atoms with Crippen LogP contribution in [0.2, 0.25) is 0 Å². The number of carbonyl (C=O) groups excluding carboxylic acids is 1. The first-order valence-electron chi connectivity index (χ1n) is 11.9. The zero-order valence-electron chi connectivity index (χ0n) is 19.7. The maximum absolute atomic E-state index is 13.4. The van der Waals surface area contributed by atoms with Crippen molar-refractivity contribution in [3.05, 3.63) is 95.1 Å². The van der Waals surface area contributed by atoms with Crippen molar-refractivity contribution in [3.63, 3.8) is 0 Å².